The van der Waals surface area contributed by atoms with Gasteiger partial charge in [-0.1, -0.05) is 12.5 Å². The molecule has 0 radical (unpaired) electrons. The maximum absolute atomic E-state index is 12.8. The summed E-state index contributed by atoms with van der Waals surface area (Å²) >= 11 is 0. The first-order chi connectivity index (χ1) is 8.89. The molecule has 0 spiro atoms. The van der Waals surface area contributed by atoms with Crippen LogP contribution in [0, 0.1) is 5.92 Å². The van der Waals surface area contributed by atoms with E-state index in [1.165, 1.54) is 0 Å². The van der Waals surface area contributed by atoms with Crippen LogP contribution in [-0.2, 0) is 12.7 Å². The van der Waals surface area contributed by atoms with Gasteiger partial charge in [0.2, 0.25) is 0 Å². The van der Waals surface area contributed by atoms with E-state index in [-0.39, 0.29) is 18.5 Å². The summed E-state index contributed by atoms with van der Waals surface area (Å²) in [5.74, 6) is 0.216. The summed E-state index contributed by atoms with van der Waals surface area (Å²) in [6, 6.07) is 3.29. The summed E-state index contributed by atoms with van der Waals surface area (Å²) in [6.45, 7) is 0.0763. The highest BCUT2D eigenvalue weighted by Crippen LogP contribution is 2.30. The fourth-order valence-electron chi connectivity index (χ4n) is 2.72. The molecule has 2 rings (SSSR count). The summed E-state index contributed by atoms with van der Waals surface area (Å²) < 4.78 is 39.3. The van der Waals surface area contributed by atoms with Gasteiger partial charge in [0.05, 0.1) is 0 Å². The van der Waals surface area contributed by atoms with Gasteiger partial charge in [-0.15, -0.1) is 0 Å². The van der Waals surface area contributed by atoms with E-state index in [1.807, 2.05) is 0 Å². The van der Waals surface area contributed by atoms with Crippen molar-refractivity contribution in [3.63, 3.8) is 0 Å². The molecule has 1 fully saturated rings. The average molecular weight is 274 g/mol. The molecule has 0 aromatic carbocycles. The van der Waals surface area contributed by atoms with Gasteiger partial charge in [0, 0.05) is 18.7 Å². The molecule has 3 nitrogen and oxygen atoms in total. The average Bonchev–Trinajstić information content (AvgIpc) is 2.72. The van der Waals surface area contributed by atoms with Crippen molar-refractivity contribution < 1.29 is 13.2 Å². The lowest BCUT2D eigenvalue weighted by molar-refractivity contribution is -0.144. The second kappa shape index (κ2) is 5.36. The Morgan fingerprint density at radius 2 is 2.05 bits per heavy atom. The maximum Gasteiger partial charge on any atom is 0.431 e. The molecular weight excluding hydrogens is 257 g/mol. The largest absolute Gasteiger partial charge is 0.431 e. The second-order valence-electron chi connectivity index (χ2n) is 5.04. The van der Waals surface area contributed by atoms with Crippen LogP contribution in [0.5, 0.6) is 0 Å². The summed E-state index contributed by atoms with van der Waals surface area (Å²) in [7, 11) is 0. The number of halogens is 3. The SMILES string of the molecule is NC1CCCC1CCn1c(C(F)(F)F)cccc1=O. The standard InChI is InChI=1S/C13H17F3N2O/c14-13(15,16)11-5-2-6-12(19)18(11)8-7-9-3-1-4-10(9)17/h2,5-6,9-10H,1,3-4,7-8,17H2. The quantitative estimate of drug-likeness (QED) is 0.920. The first kappa shape index (κ1) is 14.1. The molecule has 0 saturated heterocycles. The summed E-state index contributed by atoms with van der Waals surface area (Å²) in [4.78, 5) is 11.6. The van der Waals surface area contributed by atoms with Crippen molar-refractivity contribution in [2.75, 3.05) is 0 Å². The minimum absolute atomic E-state index is 0.0498. The van der Waals surface area contributed by atoms with E-state index < -0.39 is 17.4 Å². The maximum atomic E-state index is 12.8. The van der Waals surface area contributed by atoms with E-state index in [0.717, 1.165) is 42.0 Å². The number of alkyl halides is 3. The summed E-state index contributed by atoms with van der Waals surface area (Å²) in [6.07, 6.45) is -1.11. The zero-order valence-corrected chi connectivity index (χ0v) is 10.5. The van der Waals surface area contributed by atoms with E-state index in [0.29, 0.717) is 6.42 Å². The van der Waals surface area contributed by atoms with Gasteiger partial charge in [-0.3, -0.25) is 4.79 Å². The van der Waals surface area contributed by atoms with Crippen molar-refractivity contribution in [3.8, 4) is 0 Å². The fourth-order valence-corrected chi connectivity index (χ4v) is 2.72. The Balaban J connectivity index is 2.17. The molecule has 0 bridgehead atoms. The van der Waals surface area contributed by atoms with Crippen LogP contribution in [0.4, 0.5) is 13.2 Å². The normalized spacial score (nSPS) is 23.8. The fraction of sp³-hybridized carbons (Fsp3) is 0.615. The van der Waals surface area contributed by atoms with Crippen molar-refractivity contribution in [3.05, 3.63) is 34.2 Å². The molecule has 19 heavy (non-hydrogen) atoms. The monoisotopic (exact) mass is 274 g/mol. The predicted molar refractivity (Wildman–Crippen MR) is 65.6 cm³/mol. The van der Waals surface area contributed by atoms with Crippen LogP contribution in [-0.4, -0.2) is 10.6 Å². The van der Waals surface area contributed by atoms with E-state index in [9.17, 15) is 18.0 Å². The van der Waals surface area contributed by atoms with Crippen LogP contribution in [0.25, 0.3) is 0 Å². The van der Waals surface area contributed by atoms with Crippen molar-refractivity contribution in [1.82, 2.24) is 4.57 Å². The Kier molecular flexibility index (Phi) is 3.99. The third-order valence-electron chi connectivity index (χ3n) is 3.78. The third-order valence-corrected chi connectivity index (χ3v) is 3.78. The molecule has 0 amide bonds. The first-order valence-corrected chi connectivity index (χ1v) is 6.42. The van der Waals surface area contributed by atoms with E-state index in [1.54, 1.807) is 0 Å². The Morgan fingerprint density at radius 3 is 2.63 bits per heavy atom. The number of rotatable bonds is 3. The molecule has 1 aliphatic rings. The summed E-state index contributed by atoms with van der Waals surface area (Å²) in [5.41, 5.74) is 4.40. The molecule has 1 aromatic heterocycles. The third kappa shape index (κ3) is 3.18. The van der Waals surface area contributed by atoms with Crippen molar-refractivity contribution in [1.29, 1.82) is 0 Å². The number of nitrogens with two attached hydrogens (primary N) is 1. The molecule has 2 unspecified atom stereocenters. The number of nitrogens with zero attached hydrogens (tertiary/aromatic N) is 1. The Bertz CT molecular complexity index is 495. The van der Waals surface area contributed by atoms with Gasteiger partial charge in [0.15, 0.2) is 0 Å². The molecule has 106 valence electrons. The smallest absolute Gasteiger partial charge is 0.327 e. The lowest BCUT2D eigenvalue weighted by Gasteiger charge is -2.19. The van der Waals surface area contributed by atoms with Gasteiger partial charge in [0.1, 0.15) is 5.69 Å². The number of hydrogen-bond acceptors (Lipinski definition) is 2. The molecule has 1 aromatic rings. The van der Waals surface area contributed by atoms with Gasteiger partial charge in [-0.05, 0) is 31.2 Å². The molecule has 2 N–H and O–H groups in total. The molecule has 6 heteroatoms. The van der Waals surface area contributed by atoms with Crippen LogP contribution in [0.3, 0.4) is 0 Å². The van der Waals surface area contributed by atoms with Crippen LogP contribution < -0.4 is 11.3 Å². The lowest BCUT2D eigenvalue weighted by Crippen LogP contribution is -2.30. The Morgan fingerprint density at radius 1 is 1.32 bits per heavy atom. The van der Waals surface area contributed by atoms with Crippen LogP contribution in [0.1, 0.15) is 31.4 Å². The molecule has 0 aliphatic heterocycles. The van der Waals surface area contributed by atoms with Gasteiger partial charge < -0.3 is 10.3 Å². The molecule has 1 heterocycles. The van der Waals surface area contributed by atoms with Crippen molar-refractivity contribution >= 4 is 0 Å². The number of pyridine rings is 1. The highest BCUT2D eigenvalue weighted by Gasteiger charge is 2.34. The molecule has 2 atom stereocenters. The zero-order chi connectivity index (χ0) is 14.0. The number of hydrogen-bond donors (Lipinski definition) is 1. The van der Waals surface area contributed by atoms with Crippen molar-refractivity contribution in [2.24, 2.45) is 11.7 Å². The highest BCUT2D eigenvalue weighted by atomic mass is 19.4. The Labute approximate surface area is 109 Å². The number of aromatic nitrogens is 1. The van der Waals surface area contributed by atoms with Crippen LogP contribution >= 0.6 is 0 Å². The minimum Gasteiger partial charge on any atom is -0.327 e. The second-order valence-corrected chi connectivity index (χ2v) is 5.04. The molecule has 1 saturated carbocycles. The highest BCUT2D eigenvalue weighted by molar-refractivity contribution is 5.10. The van der Waals surface area contributed by atoms with E-state index in [4.69, 9.17) is 5.73 Å². The van der Waals surface area contributed by atoms with Gasteiger partial charge in [-0.25, -0.2) is 0 Å². The van der Waals surface area contributed by atoms with E-state index >= 15 is 0 Å². The van der Waals surface area contributed by atoms with Crippen molar-refractivity contribution in [2.45, 2.75) is 44.4 Å². The minimum atomic E-state index is -4.50. The predicted octanol–water partition coefficient (Wildman–Crippen LogP) is 2.38. The topological polar surface area (TPSA) is 48.0 Å². The molecule has 1 aliphatic carbocycles. The first-order valence-electron chi connectivity index (χ1n) is 6.42. The molecular formula is C13H17F3N2O. The van der Waals surface area contributed by atoms with Crippen LogP contribution in [0.2, 0.25) is 0 Å². The summed E-state index contributed by atoms with van der Waals surface area (Å²) in [5, 5.41) is 0. The lowest BCUT2D eigenvalue weighted by atomic mass is 10.0. The van der Waals surface area contributed by atoms with Gasteiger partial charge in [-0.2, -0.15) is 13.2 Å². The van der Waals surface area contributed by atoms with E-state index in [2.05, 4.69) is 0 Å². The van der Waals surface area contributed by atoms with Crippen LogP contribution in [0.15, 0.2) is 23.0 Å². The van der Waals surface area contributed by atoms with Gasteiger partial charge in [0.25, 0.3) is 5.56 Å². The zero-order valence-electron chi connectivity index (χ0n) is 10.5. The Hall–Kier alpha value is -1.30. The van der Waals surface area contributed by atoms with Gasteiger partial charge >= 0.3 is 6.18 Å².